The lowest BCUT2D eigenvalue weighted by Gasteiger charge is -2.15. The second-order valence-corrected chi connectivity index (χ2v) is 5.75. The van der Waals surface area contributed by atoms with Crippen molar-refractivity contribution in [3.05, 3.63) is 47.6 Å². The Hall–Kier alpha value is -2.21. The van der Waals surface area contributed by atoms with Gasteiger partial charge in [-0.15, -0.1) is 0 Å². The van der Waals surface area contributed by atoms with Crippen LogP contribution in [0.1, 0.15) is 49.6 Å². The SMILES string of the molecule is CCO[C@@H](C)c1nc([C@H]2CC(=O)N(Cc3ccccc3)C2)no1. The maximum absolute atomic E-state index is 12.2. The molecule has 6 heteroatoms. The summed E-state index contributed by atoms with van der Waals surface area (Å²) in [5.41, 5.74) is 1.13. The fraction of sp³-hybridized carbons (Fsp3) is 0.471. The number of nitrogens with zero attached hydrogens (tertiary/aromatic N) is 3. The van der Waals surface area contributed by atoms with Gasteiger partial charge in [-0.25, -0.2) is 0 Å². The van der Waals surface area contributed by atoms with Crippen molar-refractivity contribution < 1.29 is 14.1 Å². The quantitative estimate of drug-likeness (QED) is 0.820. The molecule has 0 N–H and O–H groups in total. The van der Waals surface area contributed by atoms with E-state index < -0.39 is 0 Å². The van der Waals surface area contributed by atoms with Gasteiger partial charge in [0.2, 0.25) is 5.91 Å². The minimum Gasteiger partial charge on any atom is -0.369 e. The zero-order chi connectivity index (χ0) is 16.2. The molecule has 1 aromatic carbocycles. The van der Waals surface area contributed by atoms with Gasteiger partial charge in [0.05, 0.1) is 0 Å². The van der Waals surface area contributed by atoms with Crippen molar-refractivity contribution in [3.8, 4) is 0 Å². The number of aromatic nitrogens is 2. The molecule has 2 atom stereocenters. The molecule has 1 amide bonds. The monoisotopic (exact) mass is 315 g/mol. The summed E-state index contributed by atoms with van der Waals surface area (Å²) in [6, 6.07) is 9.98. The molecule has 0 unspecified atom stereocenters. The van der Waals surface area contributed by atoms with Gasteiger partial charge in [-0.05, 0) is 19.4 Å². The van der Waals surface area contributed by atoms with Gasteiger partial charge in [-0.3, -0.25) is 4.79 Å². The van der Waals surface area contributed by atoms with Gasteiger partial charge in [0.25, 0.3) is 5.89 Å². The van der Waals surface area contributed by atoms with Crippen LogP contribution in [0.25, 0.3) is 0 Å². The summed E-state index contributed by atoms with van der Waals surface area (Å²) in [6.45, 7) is 5.63. The van der Waals surface area contributed by atoms with E-state index in [1.54, 1.807) is 0 Å². The van der Waals surface area contributed by atoms with Crippen LogP contribution in [0.15, 0.2) is 34.9 Å². The van der Waals surface area contributed by atoms with Crippen LogP contribution in [-0.4, -0.2) is 34.1 Å². The van der Waals surface area contributed by atoms with Crippen molar-refractivity contribution in [2.24, 2.45) is 0 Å². The lowest BCUT2D eigenvalue weighted by Crippen LogP contribution is -2.24. The average Bonchev–Trinajstić information content (AvgIpc) is 3.16. The van der Waals surface area contributed by atoms with E-state index in [0.717, 1.165) is 5.56 Å². The van der Waals surface area contributed by atoms with Gasteiger partial charge in [0.15, 0.2) is 5.82 Å². The minimum absolute atomic E-state index is 0.0162. The molecular formula is C17H21N3O3. The van der Waals surface area contributed by atoms with Crippen LogP contribution < -0.4 is 0 Å². The van der Waals surface area contributed by atoms with E-state index >= 15 is 0 Å². The molecular weight excluding hydrogens is 294 g/mol. The third-order valence-electron chi connectivity index (χ3n) is 4.02. The zero-order valence-electron chi connectivity index (χ0n) is 13.4. The summed E-state index contributed by atoms with van der Waals surface area (Å²) >= 11 is 0. The molecule has 23 heavy (non-hydrogen) atoms. The summed E-state index contributed by atoms with van der Waals surface area (Å²) < 4.78 is 10.7. The number of carbonyl (C=O) groups excluding carboxylic acids is 1. The topological polar surface area (TPSA) is 68.5 Å². The molecule has 3 rings (SSSR count). The lowest BCUT2D eigenvalue weighted by atomic mass is 10.1. The predicted molar refractivity (Wildman–Crippen MR) is 83.6 cm³/mol. The highest BCUT2D eigenvalue weighted by atomic mass is 16.5. The first kappa shape index (κ1) is 15.7. The Balaban J connectivity index is 1.65. The molecule has 0 bridgehead atoms. The van der Waals surface area contributed by atoms with E-state index in [4.69, 9.17) is 9.26 Å². The molecule has 1 aliphatic heterocycles. The summed E-state index contributed by atoms with van der Waals surface area (Å²) in [7, 11) is 0. The fourth-order valence-corrected chi connectivity index (χ4v) is 2.80. The van der Waals surface area contributed by atoms with Crippen molar-refractivity contribution in [3.63, 3.8) is 0 Å². The molecule has 122 valence electrons. The smallest absolute Gasteiger partial charge is 0.255 e. The van der Waals surface area contributed by atoms with Gasteiger partial charge in [-0.1, -0.05) is 35.5 Å². The van der Waals surface area contributed by atoms with Crippen LogP contribution in [0.4, 0.5) is 0 Å². The first-order chi connectivity index (χ1) is 11.2. The van der Waals surface area contributed by atoms with Crippen LogP contribution in [0.5, 0.6) is 0 Å². The van der Waals surface area contributed by atoms with Gasteiger partial charge in [-0.2, -0.15) is 4.98 Å². The maximum Gasteiger partial charge on any atom is 0.255 e. The number of amides is 1. The normalized spacial score (nSPS) is 19.3. The highest BCUT2D eigenvalue weighted by molar-refractivity contribution is 5.79. The highest BCUT2D eigenvalue weighted by Gasteiger charge is 2.34. The average molecular weight is 315 g/mol. The third kappa shape index (κ3) is 3.59. The molecule has 0 saturated carbocycles. The number of benzene rings is 1. The van der Waals surface area contributed by atoms with E-state index in [2.05, 4.69) is 10.1 Å². The standard InChI is InChI=1S/C17H21N3O3/c1-3-22-12(2)17-18-16(19-23-17)14-9-15(21)20(11-14)10-13-7-5-4-6-8-13/h4-8,12,14H,3,9-11H2,1-2H3/t12-,14-/m0/s1. The van der Waals surface area contributed by atoms with Crippen molar-refractivity contribution in [2.45, 2.75) is 38.8 Å². The Morgan fingerprint density at radius 2 is 2.17 bits per heavy atom. The molecule has 2 heterocycles. The molecule has 6 nitrogen and oxygen atoms in total. The van der Waals surface area contributed by atoms with Crippen molar-refractivity contribution in [1.82, 2.24) is 15.0 Å². The van der Waals surface area contributed by atoms with Gasteiger partial charge < -0.3 is 14.2 Å². The summed E-state index contributed by atoms with van der Waals surface area (Å²) in [4.78, 5) is 18.5. The Kier molecular flexibility index (Phi) is 4.71. The molecule has 1 aliphatic rings. The molecule has 0 radical (unpaired) electrons. The van der Waals surface area contributed by atoms with Crippen LogP contribution in [-0.2, 0) is 16.1 Å². The summed E-state index contributed by atoms with van der Waals surface area (Å²) in [5, 5.41) is 4.03. The Morgan fingerprint density at radius 1 is 1.39 bits per heavy atom. The molecule has 0 aliphatic carbocycles. The predicted octanol–water partition coefficient (Wildman–Crippen LogP) is 2.68. The van der Waals surface area contributed by atoms with E-state index in [-0.39, 0.29) is 17.9 Å². The summed E-state index contributed by atoms with van der Waals surface area (Å²) in [6.07, 6.45) is 0.202. The van der Waals surface area contributed by atoms with Crippen LogP contribution in [0.2, 0.25) is 0 Å². The fourth-order valence-electron chi connectivity index (χ4n) is 2.80. The molecule has 0 spiro atoms. The number of carbonyl (C=O) groups is 1. The molecule has 1 aromatic heterocycles. The first-order valence-electron chi connectivity index (χ1n) is 7.94. The molecule has 2 aromatic rings. The van der Waals surface area contributed by atoms with Gasteiger partial charge >= 0.3 is 0 Å². The largest absolute Gasteiger partial charge is 0.369 e. The van der Waals surface area contributed by atoms with Crippen LogP contribution >= 0.6 is 0 Å². The maximum atomic E-state index is 12.2. The van der Waals surface area contributed by atoms with Crippen LogP contribution in [0.3, 0.4) is 0 Å². The van der Waals surface area contributed by atoms with E-state index in [1.807, 2.05) is 49.1 Å². The second kappa shape index (κ2) is 6.91. The zero-order valence-corrected chi connectivity index (χ0v) is 13.4. The van der Waals surface area contributed by atoms with E-state index in [0.29, 0.717) is 37.8 Å². The van der Waals surface area contributed by atoms with Crippen LogP contribution in [0, 0.1) is 0 Å². The first-order valence-corrected chi connectivity index (χ1v) is 7.94. The van der Waals surface area contributed by atoms with Gasteiger partial charge in [0, 0.05) is 32.0 Å². The van der Waals surface area contributed by atoms with E-state index in [9.17, 15) is 4.79 Å². The second-order valence-electron chi connectivity index (χ2n) is 5.75. The minimum atomic E-state index is -0.223. The van der Waals surface area contributed by atoms with Gasteiger partial charge in [0.1, 0.15) is 6.10 Å². The molecule has 1 saturated heterocycles. The Labute approximate surface area is 135 Å². The number of hydrogen-bond donors (Lipinski definition) is 0. The van der Waals surface area contributed by atoms with Crippen molar-refractivity contribution in [1.29, 1.82) is 0 Å². The Morgan fingerprint density at radius 3 is 2.91 bits per heavy atom. The third-order valence-corrected chi connectivity index (χ3v) is 4.02. The number of likely N-dealkylation sites (tertiary alicyclic amines) is 1. The highest BCUT2D eigenvalue weighted by Crippen LogP contribution is 2.28. The number of ether oxygens (including phenoxy) is 1. The van der Waals surface area contributed by atoms with Crippen molar-refractivity contribution in [2.75, 3.05) is 13.2 Å². The van der Waals surface area contributed by atoms with E-state index in [1.165, 1.54) is 0 Å². The number of rotatable bonds is 6. The summed E-state index contributed by atoms with van der Waals surface area (Å²) in [5.74, 6) is 1.17. The lowest BCUT2D eigenvalue weighted by molar-refractivity contribution is -0.128. The molecule has 1 fully saturated rings. The van der Waals surface area contributed by atoms with Crippen molar-refractivity contribution >= 4 is 5.91 Å². The number of hydrogen-bond acceptors (Lipinski definition) is 5. The Bertz CT molecular complexity index is 656.